The van der Waals surface area contributed by atoms with Crippen LogP contribution in [-0.2, 0) is 30.3 Å². The molecule has 0 heterocycles. The van der Waals surface area contributed by atoms with E-state index in [4.69, 9.17) is 10.5 Å². The standard InChI is InChI=1S/C30H30N2O9/c1-12-7-13(9-15(8-12)29(39)41-4)16-5-6-19(33)21-17(16)10-14-11-18-23(32(2)3)25(35)22(28(31)38)27(37)30(18,40)26(36)20(14)24(21)34/h5-9,14,18,20,22-23,33,40H,10-11H2,1-4H3,(H2,31,38). The number of methoxy groups -OCH3 is 1. The number of likely N-dealkylation sites (N-methyl/N-ethyl adjacent to an activating group) is 1. The Bertz CT molecular complexity index is 1560. The summed E-state index contributed by atoms with van der Waals surface area (Å²) in [6.45, 7) is 1.79. The average Bonchev–Trinajstić information content (AvgIpc) is 2.89. The van der Waals surface area contributed by atoms with Crippen LogP contribution in [0.4, 0.5) is 0 Å². The second kappa shape index (κ2) is 9.71. The zero-order valence-corrected chi connectivity index (χ0v) is 23.0. The van der Waals surface area contributed by atoms with E-state index >= 15 is 0 Å². The highest BCUT2D eigenvalue weighted by Crippen LogP contribution is 2.51. The van der Waals surface area contributed by atoms with E-state index in [2.05, 4.69) is 0 Å². The van der Waals surface area contributed by atoms with Gasteiger partial charge in [0, 0.05) is 5.92 Å². The number of esters is 1. The molecular weight excluding hydrogens is 532 g/mol. The Balaban J connectivity index is 1.66. The molecule has 2 aromatic carbocycles. The van der Waals surface area contributed by atoms with E-state index in [1.807, 2.05) is 6.07 Å². The highest BCUT2D eigenvalue weighted by Gasteiger charge is 2.69. The van der Waals surface area contributed by atoms with Gasteiger partial charge in [-0.25, -0.2) is 4.79 Å². The molecule has 0 radical (unpaired) electrons. The Morgan fingerprint density at radius 2 is 1.76 bits per heavy atom. The number of benzene rings is 2. The van der Waals surface area contributed by atoms with Gasteiger partial charge in [0.15, 0.2) is 34.7 Å². The van der Waals surface area contributed by atoms with Gasteiger partial charge in [0.25, 0.3) is 0 Å². The summed E-state index contributed by atoms with van der Waals surface area (Å²) in [5.41, 5.74) is 5.08. The van der Waals surface area contributed by atoms with Crippen LogP contribution in [0.1, 0.15) is 38.3 Å². The predicted molar refractivity (Wildman–Crippen MR) is 143 cm³/mol. The van der Waals surface area contributed by atoms with Crippen LogP contribution in [-0.4, -0.2) is 83.0 Å². The molecule has 0 spiro atoms. The van der Waals surface area contributed by atoms with Crippen LogP contribution in [0.3, 0.4) is 0 Å². The topological polar surface area (TPSA) is 181 Å². The van der Waals surface area contributed by atoms with Gasteiger partial charge in [0.1, 0.15) is 5.75 Å². The fraction of sp³-hybridized carbons (Fsp3) is 0.400. The van der Waals surface area contributed by atoms with Gasteiger partial charge in [-0.1, -0.05) is 12.1 Å². The lowest BCUT2D eigenvalue weighted by Gasteiger charge is -2.52. The average molecular weight is 563 g/mol. The number of carbonyl (C=O) groups excluding carboxylic acids is 6. The molecule has 11 heteroatoms. The first-order valence-electron chi connectivity index (χ1n) is 13.1. The molecule has 214 valence electrons. The van der Waals surface area contributed by atoms with E-state index in [0.29, 0.717) is 22.3 Å². The molecule has 2 saturated carbocycles. The number of ketones is 4. The highest BCUT2D eigenvalue weighted by molar-refractivity contribution is 6.32. The van der Waals surface area contributed by atoms with Crippen LogP contribution >= 0.6 is 0 Å². The lowest BCUT2D eigenvalue weighted by atomic mass is 9.52. The van der Waals surface area contributed by atoms with Crippen LogP contribution in [0, 0.1) is 30.6 Å². The lowest BCUT2D eigenvalue weighted by Crippen LogP contribution is -2.74. The Kier molecular flexibility index (Phi) is 6.70. The number of primary amides is 1. The van der Waals surface area contributed by atoms with Gasteiger partial charge in [0.2, 0.25) is 5.91 Å². The van der Waals surface area contributed by atoms with Crippen molar-refractivity contribution in [1.29, 1.82) is 0 Å². The molecule has 0 aromatic heterocycles. The Morgan fingerprint density at radius 1 is 1.07 bits per heavy atom. The number of aromatic hydroxyl groups is 1. The minimum Gasteiger partial charge on any atom is -0.507 e. The number of fused-ring (bicyclic) bond motifs is 3. The number of rotatable bonds is 4. The number of carbonyl (C=O) groups is 6. The van der Waals surface area contributed by atoms with Crippen molar-refractivity contribution in [3.05, 3.63) is 52.6 Å². The largest absolute Gasteiger partial charge is 0.507 e. The van der Waals surface area contributed by atoms with Gasteiger partial charge in [0.05, 0.1) is 30.2 Å². The second-order valence-corrected chi connectivity index (χ2v) is 11.4. The Labute approximate surface area is 235 Å². The quantitative estimate of drug-likeness (QED) is 0.353. The molecule has 4 N–H and O–H groups in total. The fourth-order valence-electron chi connectivity index (χ4n) is 7.05. The van der Waals surface area contributed by atoms with Crippen LogP contribution in [0.5, 0.6) is 5.75 Å². The van der Waals surface area contributed by atoms with Crippen molar-refractivity contribution >= 4 is 35.0 Å². The molecule has 6 unspecified atom stereocenters. The summed E-state index contributed by atoms with van der Waals surface area (Å²) < 4.78 is 4.86. The number of phenolic OH excluding ortho intramolecular Hbond substituents is 1. The monoisotopic (exact) mass is 562 g/mol. The van der Waals surface area contributed by atoms with E-state index in [0.717, 1.165) is 5.56 Å². The molecule has 1 amide bonds. The zero-order chi connectivity index (χ0) is 30.1. The molecule has 0 saturated heterocycles. The molecule has 11 nitrogen and oxygen atoms in total. The van der Waals surface area contributed by atoms with Crippen molar-refractivity contribution in [1.82, 2.24) is 4.90 Å². The summed E-state index contributed by atoms with van der Waals surface area (Å²) >= 11 is 0. The van der Waals surface area contributed by atoms with Crippen LogP contribution in [0.25, 0.3) is 11.1 Å². The fourth-order valence-corrected chi connectivity index (χ4v) is 7.05. The number of hydrogen-bond acceptors (Lipinski definition) is 10. The number of phenols is 1. The number of nitrogens with two attached hydrogens (primary N) is 1. The number of amides is 1. The Hall–Kier alpha value is -4.22. The molecule has 0 aliphatic heterocycles. The van der Waals surface area contributed by atoms with E-state index in [1.54, 1.807) is 25.1 Å². The maximum absolute atomic E-state index is 13.9. The third-order valence-electron chi connectivity index (χ3n) is 8.75. The molecule has 3 aliphatic rings. The van der Waals surface area contributed by atoms with E-state index in [9.17, 15) is 39.0 Å². The van der Waals surface area contributed by atoms with Gasteiger partial charge in [-0.15, -0.1) is 0 Å². The predicted octanol–water partition coefficient (Wildman–Crippen LogP) is 0.629. The first kappa shape index (κ1) is 28.3. The van der Waals surface area contributed by atoms with Crippen molar-refractivity contribution in [2.24, 2.45) is 29.4 Å². The van der Waals surface area contributed by atoms with Crippen molar-refractivity contribution < 1.29 is 43.7 Å². The van der Waals surface area contributed by atoms with Crippen LogP contribution in [0.15, 0.2) is 30.3 Å². The number of Topliss-reactive ketones (excluding diaryl/α,β-unsaturated/α-hetero) is 4. The van der Waals surface area contributed by atoms with Crippen molar-refractivity contribution in [3.63, 3.8) is 0 Å². The molecule has 41 heavy (non-hydrogen) atoms. The van der Waals surface area contributed by atoms with Crippen molar-refractivity contribution in [2.45, 2.75) is 31.4 Å². The van der Waals surface area contributed by atoms with Gasteiger partial charge in [-0.2, -0.15) is 0 Å². The molecule has 5 rings (SSSR count). The first-order chi connectivity index (χ1) is 19.2. The summed E-state index contributed by atoms with van der Waals surface area (Å²) in [7, 11) is 4.32. The summed E-state index contributed by atoms with van der Waals surface area (Å²) in [6, 6.07) is 6.82. The van der Waals surface area contributed by atoms with Gasteiger partial charge >= 0.3 is 5.97 Å². The number of aryl methyl sites for hydroxylation is 1. The minimum atomic E-state index is -2.78. The zero-order valence-electron chi connectivity index (χ0n) is 23.0. The van der Waals surface area contributed by atoms with Crippen molar-refractivity contribution in [2.75, 3.05) is 21.2 Å². The number of ether oxygens (including phenoxy) is 1. The van der Waals surface area contributed by atoms with Gasteiger partial charge < -0.3 is 20.7 Å². The number of aliphatic hydroxyl groups is 1. The first-order valence-corrected chi connectivity index (χ1v) is 13.1. The molecule has 0 bridgehead atoms. The molecule has 6 atom stereocenters. The van der Waals surface area contributed by atoms with Gasteiger partial charge in [-0.3, -0.25) is 28.9 Å². The summed E-state index contributed by atoms with van der Waals surface area (Å²) in [6.07, 6.45) is 0.0529. The number of nitrogens with zero attached hydrogens (tertiary/aromatic N) is 1. The molecular formula is C30H30N2O9. The maximum Gasteiger partial charge on any atom is 0.337 e. The normalized spacial score (nSPS) is 29.1. The van der Waals surface area contributed by atoms with E-state index in [-0.39, 0.29) is 24.2 Å². The van der Waals surface area contributed by atoms with E-state index in [1.165, 1.54) is 32.2 Å². The van der Waals surface area contributed by atoms with Gasteiger partial charge in [-0.05, 0) is 80.2 Å². The van der Waals surface area contributed by atoms with Crippen molar-refractivity contribution in [3.8, 4) is 16.9 Å². The van der Waals surface area contributed by atoms with E-state index < -0.39 is 70.3 Å². The summed E-state index contributed by atoms with van der Waals surface area (Å²) in [5.74, 6) is -11.6. The third-order valence-corrected chi connectivity index (χ3v) is 8.75. The minimum absolute atomic E-state index is 0.0553. The molecule has 3 aliphatic carbocycles. The second-order valence-electron chi connectivity index (χ2n) is 11.4. The third kappa shape index (κ3) is 4.02. The van der Waals surface area contributed by atoms with Crippen LogP contribution in [0.2, 0.25) is 0 Å². The Morgan fingerprint density at radius 3 is 2.37 bits per heavy atom. The SMILES string of the molecule is COC(=O)c1cc(C)cc(-c2ccc(O)c3c2CC2CC4C(N(C)C)C(=O)C(C(N)=O)C(=O)C4(O)C(=O)C2C3=O)c1. The maximum atomic E-state index is 13.9. The summed E-state index contributed by atoms with van der Waals surface area (Å²) in [5, 5.41) is 22.5. The molecule has 2 aromatic rings. The lowest BCUT2D eigenvalue weighted by molar-refractivity contribution is -0.181. The van der Waals surface area contributed by atoms with Crippen LogP contribution < -0.4 is 5.73 Å². The summed E-state index contributed by atoms with van der Waals surface area (Å²) in [4.78, 5) is 80.3. The molecule has 2 fully saturated rings. The number of hydrogen-bond donors (Lipinski definition) is 3. The highest BCUT2D eigenvalue weighted by atomic mass is 16.5. The smallest absolute Gasteiger partial charge is 0.337 e.